The summed E-state index contributed by atoms with van der Waals surface area (Å²) in [6.45, 7) is 1.88. The van der Waals surface area contributed by atoms with Crippen LogP contribution in [0.25, 0.3) is 0 Å². The zero-order valence-corrected chi connectivity index (χ0v) is 11.5. The average molecular weight is 300 g/mol. The van der Waals surface area contributed by atoms with Crippen molar-refractivity contribution in [2.45, 2.75) is 11.8 Å². The number of nitrogens with one attached hydrogen (secondary N) is 1. The molecular weight excluding hydrogens is 290 g/mol. The lowest BCUT2D eigenvalue weighted by Gasteiger charge is -2.06. The Balaban J connectivity index is 2.36. The van der Waals surface area contributed by atoms with Gasteiger partial charge in [0.05, 0.1) is 11.4 Å². The molecule has 1 aliphatic heterocycles. The number of benzene rings is 1. The SMILES string of the molecule is Cc1ccc(S(=O)(=O)N=C2NC(=C=O)CN2Cl)cc1. The van der Waals surface area contributed by atoms with Crippen molar-refractivity contribution in [1.82, 2.24) is 9.74 Å². The van der Waals surface area contributed by atoms with Gasteiger partial charge >= 0.3 is 0 Å². The first kappa shape index (κ1) is 13.6. The van der Waals surface area contributed by atoms with E-state index < -0.39 is 10.0 Å². The minimum absolute atomic E-state index is 0.0350. The maximum Gasteiger partial charge on any atom is 0.285 e. The molecule has 0 radical (unpaired) electrons. The van der Waals surface area contributed by atoms with Crippen LogP contribution in [0.15, 0.2) is 39.3 Å². The van der Waals surface area contributed by atoms with Gasteiger partial charge in [0.1, 0.15) is 11.6 Å². The Labute approximate surface area is 115 Å². The van der Waals surface area contributed by atoms with Crippen LogP contribution < -0.4 is 5.32 Å². The zero-order valence-electron chi connectivity index (χ0n) is 9.92. The van der Waals surface area contributed by atoms with Crippen molar-refractivity contribution < 1.29 is 13.2 Å². The van der Waals surface area contributed by atoms with Crippen LogP contribution in [-0.2, 0) is 14.8 Å². The van der Waals surface area contributed by atoms with Crippen LogP contribution in [0.4, 0.5) is 0 Å². The van der Waals surface area contributed by atoms with E-state index in [-0.39, 0.29) is 23.1 Å². The summed E-state index contributed by atoms with van der Waals surface area (Å²) >= 11 is 5.75. The smallest absolute Gasteiger partial charge is 0.285 e. The summed E-state index contributed by atoms with van der Waals surface area (Å²) in [5, 5.41) is 2.49. The standard InChI is InChI=1S/C11H10ClN3O3S/c1-8-2-4-10(5-3-8)19(17,18)14-11-13-9(7-16)6-15(11)12/h2-5H,6H2,1H3,(H,13,14). The Bertz CT molecular complexity index is 676. The molecule has 6 nitrogen and oxygen atoms in total. The van der Waals surface area contributed by atoms with E-state index in [0.29, 0.717) is 0 Å². The Morgan fingerprint density at radius 3 is 2.53 bits per heavy atom. The second-order valence-electron chi connectivity index (χ2n) is 3.93. The van der Waals surface area contributed by atoms with E-state index in [9.17, 15) is 13.2 Å². The minimum Gasteiger partial charge on any atom is -0.317 e. The van der Waals surface area contributed by atoms with Crippen molar-refractivity contribution in [3.05, 3.63) is 35.5 Å². The van der Waals surface area contributed by atoms with Gasteiger partial charge < -0.3 is 5.32 Å². The van der Waals surface area contributed by atoms with Gasteiger partial charge in [-0.1, -0.05) is 17.7 Å². The fourth-order valence-corrected chi connectivity index (χ4v) is 2.65. The molecule has 1 aromatic rings. The summed E-state index contributed by atoms with van der Waals surface area (Å²) in [4.78, 5) is 10.5. The summed E-state index contributed by atoms with van der Waals surface area (Å²) < 4.78 is 28.6. The van der Waals surface area contributed by atoms with Gasteiger partial charge in [0.15, 0.2) is 0 Å². The third kappa shape index (κ3) is 2.96. The fraction of sp³-hybridized carbons (Fsp3) is 0.182. The maximum absolute atomic E-state index is 12.0. The number of hydrogen-bond acceptors (Lipinski definition) is 3. The topological polar surface area (TPSA) is 78.8 Å². The number of guanidine groups is 1. The Kier molecular flexibility index (Phi) is 3.61. The second kappa shape index (κ2) is 5.05. The van der Waals surface area contributed by atoms with E-state index in [4.69, 9.17) is 11.8 Å². The lowest BCUT2D eigenvalue weighted by molar-refractivity contribution is 0.565. The van der Waals surface area contributed by atoms with Crippen LogP contribution in [0.1, 0.15) is 5.56 Å². The zero-order chi connectivity index (χ0) is 14.0. The normalized spacial score (nSPS) is 17.5. The lowest BCUT2D eigenvalue weighted by atomic mass is 10.2. The predicted molar refractivity (Wildman–Crippen MR) is 70.7 cm³/mol. The van der Waals surface area contributed by atoms with Gasteiger partial charge in [0.25, 0.3) is 10.0 Å². The number of aryl methyl sites for hydroxylation is 1. The quantitative estimate of drug-likeness (QED) is 0.646. The highest BCUT2D eigenvalue weighted by atomic mass is 35.5. The molecule has 2 rings (SSSR count). The highest BCUT2D eigenvalue weighted by Crippen LogP contribution is 2.16. The number of nitrogens with zero attached hydrogens (tertiary/aromatic N) is 2. The Hall–Kier alpha value is -1.82. The van der Waals surface area contributed by atoms with E-state index in [1.165, 1.54) is 12.1 Å². The van der Waals surface area contributed by atoms with Crippen molar-refractivity contribution in [3.63, 3.8) is 0 Å². The average Bonchev–Trinajstić information content (AvgIpc) is 2.70. The van der Waals surface area contributed by atoms with Gasteiger partial charge in [0.2, 0.25) is 5.96 Å². The van der Waals surface area contributed by atoms with Gasteiger partial charge in [0, 0.05) is 11.8 Å². The number of sulfonamides is 1. The van der Waals surface area contributed by atoms with Gasteiger partial charge in [-0.3, -0.25) is 0 Å². The summed E-state index contributed by atoms with van der Waals surface area (Å²) in [6, 6.07) is 6.26. The summed E-state index contributed by atoms with van der Waals surface area (Å²) in [5.41, 5.74) is 1.07. The van der Waals surface area contributed by atoms with Gasteiger partial charge in [-0.15, -0.1) is 4.40 Å². The molecule has 8 heteroatoms. The van der Waals surface area contributed by atoms with Gasteiger partial charge in [-0.25, -0.2) is 9.21 Å². The molecule has 0 unspecified atom stereocenters. The molecule has 0 saturated carbocycles. The van der Waals surface area contributed by atoms with Crippen LogP contribution in [0, 0.1) is 6.92 Å². The molecule has 1 aromatic carbocycles. The van der Waals surface area contributed by atoms with Crippen LogP contribution >= 0.6 is 11.8 Å². The highest BCUT2D eigenvalue weighted by molar-refractivity contribution is 7.90. The lowest BCUT2D eigenvalue weighted by Crippen LogP contribution is -2.23. The molecule has 1 fully saturated rings. The van der Waals surface area contributed by atoms with Crippen LogP contribution in [-0.4, -0.2) is 31.3 Å². The highest BCUT2D eigenvalue weighted by Gasteiger charge is 2.25. The van der Waals surface area contributed by atoms with E-state index >= 15 is 0 Å². The molecule has 0 aromatic heterocycles. The minimum atomic E-state index is -3.87. The van der Waals surface area contributed by atoms with Crippen LogP contribution in [0.3, 0.4) is 0 Å². The first-order valence-corrected chi connectivity index (χ1v) is 7.06. The van der Waals surface area contributed by atoms with Crippen LogP contribution in [0.2, 0.25) is 0 Å². The maximum atomic E-state index is 12.0. The van der Waals surface area contributed by atoms with Crippen molar-refractivity contribution in [3.8, 4) is 0 Å². The molecule has 1 heterocycles. The number of carbonyl (C=O) groups excluding carboxylic acids is 1. The van der Waals surface area contributed by atoms with Crippen molar-refractivity contribution in [2.24, 2.45) is 4.40 Å². The first-order chi connectivity index (χ1) is 8.92. The Morgan fingerprint density at radius 1 is 1.37 bits per heavy atom. The molecular formula is C11H10ClN3O3S. The first-order valence-electron chi connectivity index (χ1n) is 5.28. The van der Waals surface area contributed by atoms with E-state index in [1.807, 2.05) is 6.92 Å². The van der Waals surface area contributed by atoms with Crippen molar-refractivity contribution in [2.75, 3.05) is 6.54 Å². The predicted octanol–water partition coefficient (Wildman–Crippen LogP) is 0.814. The molecule has 19 heavy (non-hydrogen) atoms. The molecule has 1 N–H and O–H groups in total. The molecule has 0 spiro atoms. The number of halogens is 1. The number of rotatable bonds is 2. The van der Waals surface area contributed by atoms with Crippen molar-refractivity contribution in [1.29, 1.82) is 0 Å². The van der Waals surface area contributed by atoms with Gasteiger partial charge in [-0.05, 0) is 19.1 Å². The molecule has 0 amide bonds. The number of hydrogen-bond donors (Lipinski definition) is 1. The molecule has 1 aliphatic rings. The van der Waals surface area contributed by atoms with Gasteiger partial charge in [-0.2, -0.15) is 8.42 Å². The molecule has 0 aliphatic carbocycles. The van der Waals surface area contributed by atoms with E-state index in [1.54, 1.807) is 18.1 Å². The third-order valence-electron chi connectivity index (χ3n) is 2.44. The second-order valence-corrected chi connectivity index (χ2v) is 5.94. The third-order valence-corrected chi connectivity index (χ3v) is 4.00. The molecule has 100 valence electrons. The van der Waals surface area contributed by atoms with Crippen LogP contribution in [0.5, 0.6) is 0 Å². The largest absolute Gasteiger partial charge is 0.317 e. The fourth-order valence-electron chi connectivity index (χ4n) is 1.45. The Morgan fingerprint density at radius 2 is 2.00 bits per heavy atom. The van der Waals surface area contributed by atoms with E-state index in [2.05, 4.69) is 9.71 Å². The van der Waals surface area contributed by atoms with E-state index in [0.717, 1.165) is 9.98 Å². The molecule has 1 saturated heterocycles. The summed E-state index contributed by atoms with van der Waals surface area (Å²) in [6.07, 6.45) is 0. The molecule has 0 atom stereocenters. The molecule has 0 bridgehead atoms. The van der Waals surface area contributed by atoms with Crippen molar-refractivity contribution >= 4 is 33.7 Å². The summed E-state index contributed by atoms with van der Waals surface area (Å²) in [5.74, 6) is 1.50. The monoisotopic (exact) mass is 299 g/mol. The summed E-state index contributed by atoms with van der Waals surface area (Å²) in [7, 11) is -3.87.